The molecular weight excluding hydrogens is 178 g/mol. The molecule has 0 unspecified atom stereocenters. The molecule has 0 aliphatic heterocycles. The van der Waals surface area contributed by atoms with Crippen LogP contribution in [0.1, 0.15) is 15.9 Å². The van der Waals surface area contributed by atoms with E-state index in [1.54, 1.807) is 6.20 Å². The average Bonchev–Trinajstić information content (AvgIpc) is 2.62. The van der Waals surface area contributed by atoms with E-state index in [2.05, 4.69) is 10.4 Å². The number of nitrogens with one attached hydrogen (secondary N) is 2. The quantitative estimate of drug-likeness (QED) is 0.357. The van der Waals surface area contributed by atoms with E-state index < -0.39 is 0 Å². The van der Waals surface area contributed by atoms with Crippen molar-refractivity contribution in [1.82, 2.24) is 10.4 Å². The number of fused-ring (bicyclic) bond motifs is 1. The molecule has 0 radical (unpaired) electrons. The minimum atomic E-state index is -0.276. The smallest absolute Gasteiger partial charge is 0.267 e. The second-order valence-electron chi connectivity index (χ2n) is 3.17. The van der Waals surface area contributed by atoms with Crippen molar-refractivity contribution >= 4 is 16.8 Å². The molecule has 2 aromatic rings. The van der Waals surface area contributed by atoms with E-state index in [0.717, 1.165) is 16.5 Å². The van der Waals surface area contributed by atoms with Gasteiger partial charge in [-0.25, -0.2) is 5.84 Å². The van der Waals surface area contributed by atoms with Gasteiger partial charge >= 0.3 is 0 Å². The molecule has 0 saturated heterocycles. The molecule has 0 spiro atoms. The molecule has 0 atom stereocenters. The fraction of sp³-hybridized carbons (Fsp3) is 0.100. The molecule has 4 nitrogen and oxygen atoms in total. The number of aryl methyl sites for hydroxylation is 1. The molecule has 1 aromatic carbocycles. The molecule has 1 heterocycles. The second kappa shape index (κ2) is 3.16. The van der Waals surface area contributed by atoms with Crippen molar-refractivity contribution in [1.29, 1.82) is 0 Å². The molecule has 0 aliphatic carbocycles. The van der Waals surface area contributed by atoms with E-state index in [1.807, 2.05) is 25.1 Å². The van der Waals surface area contributed by atoms with Gasteiger partial charge in [0.25, 0.3) is 5.91 Å². The summed E-state index contributed by atoms with van der Waals surface area (Å²) < 4.78 is 0. The molecule has 2 rings (SSSR count). The Labute approximate surface area is 81.1 Å². The van der Waals surface area contributed by atoms with Crippen LogP contribution < -0.4 is 11.3 Å². The van der Waals surface area contributed by atoms with Gasteiger partial charge in [0.15, 0.2) is 0 Å². The maximum absolute atomic E-state index is 11.3. The number of aromatic amines is 1. The lowest BCUT2D eigenvalue weighted by molar-refractivity contribution is 0.0955. The van der Waals surface area contributed by atoms with Crippen LogP contribution in [-0.2, 0) is 0 Å². The lowest BCUT2D eigenvalue weighted by Gasteiger charge is -1.97. The highest BCUT2D eigenvalue weighted by molar-refractivity contribution is 6.07. The fourth-order valence-electron chi connectivity index (χ4n) is 1.57. The Morgan fingerprint density at radius 3 is 3.00 bits per heavy atom. The highest BCUT2D eigenvalue weighted by Gasteiger charge is 2.10. The summed E-state index contributed by atoms with van der Waals surface area (Å²) in [5.74, 6) is 4.80. The van der Waals surface area contributed by atoms with E-state index in [1.165, 1.54) is 0 Å². The van der Waals surface area contributed by atoms with E-state index in [0.29, 0.717) is 5.56 Å². The summed E-state index contributed by atoms with van der Waals surface area (Å²) in [6, 6.07) is 5.80. The first kappa shape index (κ1) is 8.77. The number of rotatable bonds is 1. The number of benzene rings is 1. The third-order valence-electron chi connectivity index (χ3n) is 2.30. The molecule has 0 aliphatic rings. The van der Waals surface area contributed by atoms with Gasteiger partial charge in [-0.3, -0.25) is 10.2 Å². The lowest BCUT2D eigenvalue weighted by Crippen LogP contribution is -2.29. The molecule has 0 bridgehead atoms. The van der Waals surface area contributed by atoms with Crippen molar-refractivity contribution in [2.45, 2.75) is 6.92 Å². The zero-order chi connectivity index (χ0) is 10.1. The van der Waals surface area contributed by atoms with Crippen LogP contribution in [0.2, 0.25) is 0 Å². The van der Waals surface area contributed by atoms with Gasteiger partial charge in [0.2, 0.25) is 0 Å². The van der Waals surface area contributed by atoms with Crippen molar-refractivity contribution in [3.8, 4) is 0 Å². The number of amides is 1. The molecule has 4 N–H and O–H groups in total. The van der Waals surface area contributed by atoms with Gasteiger partial charge in [-0.05, 0) is 12.5 Å². The number of carbonyl (C=O) groups is 1. The van der Waals surface area contributed by atoms with Gasteiger partial charge in [-0.1, -0.05) is 18.2 Å². The van der Waals surface area contributed by atoms with E-state index in [-0.39, 0.29) is 5.91 Å². The zero-order valence-corrected chi connectivity index (χ0v) is 7.79. The first-order chi connectivity index (χ1) is 6.74. The standard InChI is InChI=1S/C10H11N3O/c1-6-3-2-4-7-8(10(14)13-11)5-12-9(6)7/h2-5,12H,11H2,1H3,(H,13,14). The molecule has 1 aromatic heterocycles. The van der Waals surface area contributed by atoms with Crippen LogP contribution in [0.25, 0.3) is 10.9 Å². The Kier molecular flexibility index (Phi) is 1.98. The number of hydrogen-bond acceptors (Lipinski definition) is 2. The van der Waals surface area contributed by atoms with Gasteiger partial charge in [-0.2, -0.15) is 0 Å². The van der Waals surface area contributed by atoms with E-state index in [4.69, 9.17) is 5.84 Å². The Morgan fingerprint density at radius 2 is 2.29 bits per heavy atom. The first-order valence-corrected chi connectivity index (χ1v) is 4.31. The van der Waals surface area contributed by atoms with Crippen LogP contribution in [-0.4, -0.2) is 10.9 Å². The maximum Gasteiger partial charge on any atom is 0.267 e. The first-order valence-electron chi connectivity index (χ1n) is 4.31. The monoisotopic (exact) mass is 189 g/mol. The Hall–Kier alpha value is -1.81. The third-order valence-corrected chi connectivity index (χ3v) is 2.30. The normalized spacial score (nSPS) is 10.4. The molecule has 0 saturated carbocycles. The van der Waals surface area contributed by atoms with Gasteiger partial charge in [0.05, 0.1) is 5.56 Å². The van der Waals surface area contributed by atoms with Crippen LogP contribution in [0.5, 0.6) is 0 Å². The third kappa shape index (κ3) is 1.16. The topological polar surface area (TPSA) is 70.9 Å². The number of hydrogen-bond donors (Lipinski definition) is 3. The number of nitrogens with two attached hydrogens (primary N) is 1. The molecule has 1 amide bonds. The van der Waals surface area contributed by atoms with Gasteiger partial charge in [-0.15, -0.1) is 0 Å². The van der Waals surface area contributed by atoms with Crippen LogP contribution in [0.4, 0.5) is 0 Å². The molecule has 72 valence electrons. The second-order valence-corrected chi connectivity index (χ2v) is 3.17. The summed E-state index contributed by atoms with van der Waals surface area (Å²) >= 11 is 0. The number of aromatic nitrogens is 1. The van der Waals surface area contributed by atoms with Gasteiger partial charge in [0, 0.05) is 17.1 Å². The van der Waals surface area contributed by atoms with Crippen molar-refractivity contribution in [3.05, 3.63) is 35.5 Å². The van der Waals surface area contributed by atoms with Crippen molar-refractivity contribution < 1.29 is 4.79 Å². The van der Waals surface area contributed by atoms with Crippen molar-refractivity contribution in [2.24, 2.45) is 5.84 Å². The predicted octanol–water partition coefficient (Wildman–Crippen LogP) is 1.08. The SMILES string of the molecule is Cc1cccc2c(C(=O)NN)c[nH]c12. The van der Waals surface area contributed by atoms with Crippen LogP contribution in [0.3, 0.4) is 0 Å². The number of nitrogen functional groups attached to an aromatic ring is 1. The summed E-state index contributed by atoms with van der Waals surface area (Å²) in [5.41, 5.74) is 4.78. The minimum Gasteiger partial charge on any atom is -0.360 e. The van der Waals surface area contributed by atoms with Crippen molar-refractivity contribution in [3.63, 3.8) is 0 Å². The number of hydrazine groups is 1. The summed E-state index contributed by atoms with van der Waals surface area (Å²) in [6.45, 7) is 1.99. The van der Waals surface area contributed by atoms with Gasteiger partial charge in [0.1, 0.15) is 0 Å². The summed E-state index contributed by atoms with van der Waals surface area (Å²) in [7, 11) is 0. The molecule has 0 fully saturated rings. The predicted molar refractivity (Wildman–Crippen MR) is 54.7 cm³/mol. The molecular formula is C10H11N3O. The molecule has 14 heavy (non-hydrogen) atoms. The number of carbonyl (C=O) groups excluding carboxylic acids is 1. The summed E-state index contributed by atoms with van der Waals surface area (Å²) in [5, 5.41) is 0.896. The Bertz CT molecular complexity index is 487. The number of para-hydroxylation sites is 1. The fourth-order valence-corrected chi connectivity index (χ4v) is 1.57. The Morgan fingerprint density at radius 1 is 1.50 bits per heavy atom. The highest BCUT2D eigenvalue weighted by Crippen LogP contribution is 2.20. The average molecular weight is 189 g/mol. The Balaban J connectivity index is 2.70. The highest BCUT2D eigenvalue weighted by atomic mass is 16.2. The minimum absolute atomic E-state index is 0.276. The summed E-state index contributed by atoms with van der Waals surface area (Å²) in [6.07, 6.45) is 1.67. The van der Waals surface area contributed by atoms with Gasteiger partial charge < -0.3 is 4.98 Å². The van der Waals surface area contributed by atoms with Crippen molar-refractivity contribution in [2.75, 3.05) is 0 Å². The lowest BCUT2D eigenvalue weighted by atomic mass is 10.1. The molecule has 4 heteroatoms. The van der Waals surface area contributed by atoms with Crippen LogP contribution in [0, 0.1) is 6.92 Å². The zero-order valence-electron chi connectivity index (χ0n) is 7.79. The number of H-pyrrole nitrogens is 1. The van der Waals surface area contributed by atoms with Crippen LogP contribution in [0.15, 0.2) is 24.4 Å². The van der Waals surface area contributed by atoms with E-state index >= 15 is 0 Å². The largest absolute Gasteiger partial charge is 0.360 e. The van der Waals surface area contributed by atoms with E-state index in [9.17, 15) is 4.79 Å². The maximum atomic E-state index is 11.3. The van der Waals surface area contributed by atoms with Crippen LogP contribution >= 0.6 is 0 Å². The summed E-state index contributed by atoms with van der Waals surface area (Å²) in [4.78, 5) is 14.4.